The van der Waals surface area contributed by atoms with Gasteiger partial charge in [-0.2, -0.15) is 8.78 Å². The number of hydrogen-bond donors (Lipinski definition) is 0. The maximum atomic E-state index is 12.4. The lowest BCUT2D eigenvalue weighted by molar-refractivity contribution is -0.135. The number of carbonyl (C=O) groups is 1. The van der Waals surface area contributed by atoms with Gasteiger partial charge in [-0.15, -0.1) is 0 Å². The molecule has 130 valence electrons. The van der Waals surface area contributed by atoms with E-state index in [9.17, 15) is 13.6 Å². The number of amides is 1. The highest BCUT2D eigenvalue weighted by atomic mass is 19.3. The standard InChI is InChI=1S/C17H26F2N2O2/c1-12(2)21(13(3)4)16(22)11-20(5)10-14-6-8-15(9-7-14)23-17(18)19/h6-9,12-13,17H,10-11H2,1-5H3. The lowest BCUT2D eigenvalue weighted by atomic mass is 10.2. The molecule has 0 spiro atoms. The van der Waals surface area contributed by atoms with Crippen molar-refractivity contribution >= 4 is 5.91 Å². The van der Waals surface area contributed by atoms with E-state index < -0.39 is 6.61 Å². The van der Waals surface area contributed by atoms with Crippen LogP contribution in [-0.4, -0.2) is 48.0 Å². The van der Waals surface area contributed by atoms with Gasteiger partial charge < -0.3 is 9.64 Å². The van der Waals surface area contributed by atoms with Crippen molar-refractivity contribution in [1.82, 2.24) is 9.80 Å². The molecular formula is C17H26F2N2O2. The van der Waals surface area contributed by atoms with Crippen LogP contribution in [0.25, 0.3) is 0 Å². The minimum atomic E-state index is -2.82. The maximum Gasteiger partial charge on any atom is 0.387 e. The van der Waals surface area contributed by atoms with E-state index in [-0.39, 0.29) is 23.7 Å². The van der Waals surface area contributed by atoms with E-state index >= 15 is 0 Å². The van der Waals surface area contributed by atoms with Crippen molar-refractivity contribution < 1.29 is 18.3 Å². The summed E-state index contributed by atoms with van der Waals surface area (Å²) in [7, 11) is 1.86. The summed E-state index contributed by atoms with van der Waals surface area (Å²) in [5.74, 6) is 0.212. The Hall–Kier alpha value is -1.69. The molecule has 23 heavy (non-hydrogen) atoms. The van der Waals surface area contributed by atoms with Crippen LogP contribution in [0.3, 0.4) is 0 Å². The Labute approximate surface area is 137 Å². The summed E-state index contributed by atoms with van der Waals surface area (Å²) in [5, 5.41) is 0. The second kappa shape index (κ2) is 8.82. The Morgan fingerprint density at radius 1 is 1.09 bits per heavy atom. The molecule has 0 radical (unpaired) electrons. The lowest BCUT2D eigenvalue weighted by Gasteiger charge is -2.32. The Balaban J connectivity index is 2.58. The third kappa shape index (κ3) is 6.52. The molecule has 0 saturated carbocycles. The van der Waals surface area contributed by atoms with Crippen molar-refractivity contribution in [2.45, 2.75) is 52.9 Å². The van der Waals surface area contributed by atoms with Crippen LogP contribution in [-0.2, 0) is 11.3 Å². The van der Waals surface area contributed by atoms with Crippen molar-refractivity contribution in [3.8, 4) is 5.75 Å². The summed E-state index contributed by atoms with van der Waals surface area (Å²) >= 11 is 0. The number of hydrogen-bond acceptors (Lipinski definition) is 3. The summed E-state index contributed by atoms with van der Waals surface area (Å²) in [6.07, 6.45) is 0. The lowest BCUT2D eigenvalue weighted by Crippen LogP contribution is -2.46. The number of benzene rings is 1. The van der Waals surface area contributed by atoms with Crippen molar-refractivity contribution in [1.29, 1.82) is 0 Å². The molecule has 1 amide bonds. The van der Waals surface area contributed by atoms with E-state index in [0.29, 0.717) is 13.1 Å². The minimum absolute atomic E-state index is 0.0788. The van der Waals surface area contributed by atoms with Gasteiger partial charge in [0.2, 0.25) is 5.91 Å². The molecule has 0 saturated heterocycles. The molecule has 0 aliphatic heterocycles. The zero-order valence-corrected chi connectivity index (χ0v) is 14.4. The highest BCUT2D eigenvalue weighted by Gasteiger charge is 2.21. The molecule has 1 aromatic rings. The topological polar surface area (TPSA) is 32.8 Å². The van der Waals surface area contributed by atoms with Crippen LogP contribution in [0.4, 0.5) is 8.78 Å². The van der Waals surface area contributed by atoms with Crippen molar-refractivity contribution in [2.75, 3.05) is 13.6 Å². The number of halogens is 2. The molecule has 0 aromatic heterocycles. The molecule has 0 N–H and O–H groups in total. The fourth-order valence-corrected chi connectivity index (χ4v) is 2.63. The smallest absolute Gasteiger partial charge is 0.387 e. The van der Waals surface area contributed by atoms with E-state index in [0.717, 1.165) is 5.56 Å². The second-order valence-corrected chi connectivity index (χ2v) is 6.18. The fourth-order valence-electron chi connectivity index (χ4n) is 2.63. The van der Waals surface area contributed by atoms with Crippen LogP contribution in [0.2, 0.25) is 0 Å². The number of rotatable bonds is 8. The number of nitrogens with zero attached hydrogens (tertiary/aromatic N) is 2. The van der Waals surface area contributed by atoms with E-state index in [1.807, 2.05) is 44.5 Å². The molecule has 1 aromatic carbocycles. The molecular weight excluding hydrogens is 302 g/mol. The van der Waals surface area contributed by atoms with Gasteiger partial charge in [0.15, 0.2) is 0 Å². The molecule has 0 aliphatic rings. The maximum absolute atomic E-state index is 12.4. The van der Waals surface area contributed by atoms with Gasteiger partial charge in [0.1, 0.15) is 5.75 Å². The average molecular weight is 328 g/mol. The van der Waals surface area contributed by atoms with Crippen LogP contribution in [0, 0.1) is 0 Å². The summed E-state index contributed by atoms with van der Waals surface area (Å²) in [5.41, 5.74) is 0.933. The van der Waals surface area contributed by atoms with Gasteiger partial charge in [0, 0.05) is 18.6 Å². The summed E-state index contributed by atoms with van der Waals surface area (Å²) < 4.78 is 28.5. The zero-order chi connectivity index (χ0) is 17.6. The Kier molecular flexibility index (Phi) is 7.42. The first-order valence-electron chi connectivity index (χ1n) is 7.74. The predicted octanol–water partition coefficient (Wildman–Crippen LogP) is 3.37. The van der Waals surface area contributed by atoms with Crippen LogP contribution in [0.15, 0.2) is 24.3 Å². The quantitative estimate of drug-likeness (QED) is 0.733. The van der Waals surface area contributed by atoms with Gasteiger partial charge in [0.25, 0.3) is 0 Å². The predicted molar refractivity (Wildman–Crippen MR) is 86.5 cm³/mol. The summed E-state index contributed by atoms with van der Waals surface area (Å²) in [6, 6.07) is 6.77. The SMILES string of the molecule is CC(C)N(C(=O)CN(C)Cc1ccc(OC(F)F)cc1)C(C)C. The van der Waals surface area contributed by atoms with Gasteiger partial charge in [-0.25, -0.2) is 0 Å². The number of carbonyl (C=O) groups excluding carboxylic acids is 1. The first-order chi connectivity index (χ1) is 10.7. The van der Waals surface area contributed by atoms with Crippen molar-refractivity contribution in [2.24, 2.45) is 0 Å². The molecule has 0 atom stereocenters. The normalized spacial score (nSPS) is 11.6. The van der Waals surface area contributed by atoms with Crippen molar-refractivity contribution in [3.63, 3.8) is 0 Å². The molecule has 0 aliphatic carbocycles. The Morgan fingerprint density at radius 3 is 2.04 bits per heavy atom. The Bertz CT molecular complexity index is 482. The molecule has 0 unspecified atom stereocenters. The zero-order valence-electron chi connectivity index (χ0n) is 14.4. The fraction of sp³-hybridized carbons (Fsp3) is 0.588. The molecule has 0 fully saturated rings. The number of likely N-dealkylation sites (N-methyl/N-ethyl adjacent to an activating group) is 1. The number of alkyl halides is 2. The summed E-state index contributed by atoms with van der Waals surface area (Å²) in [6.45, 7) is 6.05. The van der Waals surface area contributed by atoms with E-state index in [1.165, 1.54) is 12.1 Å². The van der Waals surface area contributed by atoms with Crippen LogP contribution >= 0.6 is 0 Å². The molecule has 6 heteroatoms. The van der Waals surface area contributed by atoms with Gasteiger partial charge in [-0.1, -0.05) is 12.1 Å². The second-order valence-electron chi connectivity index (χ2n) is 6.18. The summed E-state index contributed by atoms with van der Waals surface area (Å²) in [4.78, 5) is 16.1. The van der Waals surface area contributed by atoms with E-state index in [4.69, 9.17) is 0 Å². The highest BCUT2D eigenvalue weighted by Crippen LogP contribution is 2.16. The van der Waals surface area contributed by atoms with Gasteiger partial charge in [0.05, 0.1) is 6.54 Å². The Morgan fingerprint density at radius 2 is 1.61 bits per heavy atom. The van der Waals surface area contributed by atoms with Crippen molar-refractivity contribution in [3.05, 3.63) is 29.8 Å². The van der Waals surface area contributed by atoms with Gasteiger partial charge in [-0.3, -0.25) is 9.69 Å². The van der Waals surface area contributed by atoms with Crippen LogP contribution in [0.5, 0.6) is 5.75 Å². The molecule has 1 rings (SSSR count). The molecule has 4 nitrogen and oxygen atoms in total. The first kappa shape index (κ1) is 19.4. The third-order valence-corrected chi connectivity index (χ3v) is 3.41. The molecule has 0 heterocycles. The minimum Gasteiger partial charge on any atom is -0.435 e. The number of ether oxygens (including phenoxy) is 1. The van der Waals surface area contributed by atoms with E-state index in [1.54, 1.807) is 12.1 Å². The first-order valence-corrected chi connectivity index (χ1v) is 7.74. The van der Waals surface area contributed by atoms with Crippen LogP contribution in [0.1, 0.15) is 33.3 Å². The monoisotopic (exact) mass is 328 g/mol. The van der Waals surface area contributed by atoms with Gasteiger partial charge >= 0.3 is 6.61 Å². The van der Waals surface area contributed by atoms with E-state index in [2.05, 4.69) is 4.74 Å². The average Bonchev–Trinajstić information content (AvgIpc) is 2.39. The van der Waals surface area contributed by atoms with Gasteiger partial charge in [-0.05, 0) is 52.4 Å². The highest BCUT2D eigenvalue weighted by molar-refractivity contribution is 5.78. The third-order valence-electron chi connectivity index (χ3n) is 3.41. The molecule has 0 bridgehead atoms. The van der Waals surface area contributed by atoms with Crippen LogP contribution < -0.4 is 4.74 Å². The largest absolute Gasteiger partial charge is 0.435 e.